The molecule has 31 heavy (non-hydrogen) atoms. The van der Waals surface area contributed by atoms with Crippen LogP contribution >= 0.6 is 24.0 Å². The molecule has 8 heteroatoms. The number of amides is 1. The topological polar surface area (TPSA) is 81.9 Å². The lowest BCUT2D eigenvalue weighted by molar-refractivity contribution is -0.116. The first-order valence-electron chi connectivity index (χ1n) is 10.8. The van der Waals surface area contributed by atoms with Crippen LogP contribution in [0.25, 0.3) is 0 Å². The maximum atomic E-state index is 11.8. The van der Waals surface area contributed by atoms with E-state index in [9.17, 15) is 4.79 Å². The van der Waals surface area contributed by atoms with Gasteiger partial charge in [0.1, 0.15) is 5.76 Å². The third-order valence-corrected chi connectivity index (χ3v) is 5.29. The number of hydrogen-bond acceptors (Lipinski definition) is 4. The fraction of sp³-hybridized carbons (Fsp3) is 0.478. The number of carbonyl (C=O) groups excluding carboxylic acids is 1. The molecule has 1 atom stereocenters. The third-order valence-electron chi connectivity index (χ3n) is 5.29. The van der Waals surface area contributed by atoms with Crippen molar-refractivity contribution in [2.45, 2.75) is 45.2 Å². The van der Waals surface area contributed by atoms with Crippen molar-refractivity contribution in [1.82, 2.24) is 15.5 Å². The highest BCUT2D eigenvalue weighted by Gasteiger charge is 2.25. The van der Waals surface area contributed by atoms with Crippen LogP contribution in [0.4, 0.5) is 5.69 Å². The molecule has 0 radical (unpaired) electrons. The molecule has 0 spiro atoms. The van der Waals surface area contributed by atoms with Crippen molar-refractivity contribution in [2.75, 3.05) is 32.0 Å². The molecule has 1 unspecified atom stereocenters. The van der Waals surface area contributed by atoms with Crippen LogP contribution < -0.4 is 16.0 Å². The van der Waals surface area contributed by atoms with Crippen molar-refractivity contribution in [1.29, 1.82) is 0 Å². The van der Waals surface area contributed by atoms with E-state index in [1.54, 1.807) is 13.3 Å². The van der Waals surface area contributed by atoms with E-state index in [0.29, 0.717) is 13.0 Å². The summed E-state index contributed by atoms with van der Waals surface area (Å²) in [5, 5.41) is 9.74. The van der Waals surface area contributed by atoms with Crippen molar-refractivity contribution in [2.24, 2.45) is 4.99 Å². The molecule has 1 fully saturated rings. The van der Waals surface area contributed by atoms with Gasteiger partial charge in [0, 0.05) is 32.2 Å². The normalized spacial score (nSPS) is 15.2. The number of hydrogen-bond donors (Lipinski definition) is 3. The number of likely N-dealkylation sites (tertiary alicyclic amines) is 1. The lowest BCUT2D eigenvalue weighted by Crippen LogP contribution is -2.42. The van der Waals surface area contributed by atoms with Gasteiger partial charge >= 0.3 is 0 Å². The summed E-state index contributed by atoms with van der Waals surface area (Å²) in [4.78, 5) is 18.6. The molecule has 1 saturated heterocycles. The number of anilines is 1. The van der Waals surface area contributed by atoms with E-state index in [0.717, 1.165) is 49.0 Å². The van der Waals surface area contributed by atoms with Gasteiger partial charge in [0.25, 0.3) is 0 Å². The maximum absolute atomic E-state index is 11.8. The standard InChI is InChI=1S/C23H33N5O2.HI/c1-3-8-22(29)27-19-10-6-9-18(15-19)16-25-23(24-2)26-17-20(21-11-7-14-30-21)28-12-4-5-13-28;/h6-7,9-11,14-15,20H,3-5,8,12-13,16-17H2,1-2H3,(H,27,29)(H2,24,25,26);1H. The molecule has 0 aliphatic carbocycles. The second-order valence-electron chi connectivity index (χ2n) is 7.58. The highest BCUT2D eigenvalue weighted by Crippen LogP contribution is 2.24. The molecule has 1 aliphatic rings. The number of guanidine groups is 1. The van der Waals surface area contributed by atoms with Gasteiger partial charge in [-0.05, 0) is 62.2 Å². The molecule has 1 amide bonds. The number of rotatable bonds is 9. The highest BCUT2D eigenvalue weighted by atomic mass is 127. The number of nitrogens with one attached hydrogen (secondary N) is 3. The van der Waals surface area contributed by atoms with Crippen molar-refractivity contribution in [3.05, 3.63) is 54.0 Å². The molecule has 2 heterocycles. The Morgan fingerprint density at radius 2 is 2.00 bits per heavy atom. The van der Waals surface area contributed by atoms with E-state index in [1.807, 2.05) is 43.3 Å². The molecule has 1 aromatic carbocycles. The average Bonchev–Trinajstić information content (AvgIpc) is 3.46. The molecular formula is C23H34IN5O2. The Hall–Kier alpha value is -2.07. The molecule has 2 aromatic rings. The summed E-state index contributed by atoms with van der Waals surface area (Å²) in [6.07, 6.45) is 5.57. The minimum absolute atomic E-state index is 0. The summed E-state index contributed by atoms with van der Waals surface area (Å²) in [5.74, 6) is 1.77. The summed E-state index contributed by atoms with van der Waals surface area (Å²) in [5.41, 5.74) is 1.90. The number of aliphatic imine (C=N–C) groups is 1. The lowest BCUT2D eigenvalue weighted by atomic mass is 10.2. The number of carbonyl (C=O) groups is 1. The Kier molecular flexibility index (Phi) is 10.9. The van der Waals surface area contributed by atoms with E-state index in [4.69, 9.17) is 4.42 Å². The zero-order chi connectivity index (χ0) is 21.2. The van der Waals surface area contributed by atoms with Gasteiger partial charge in [-0.2, -0.15) is 0 Å². The van der Waals surface area contributed by atoms with Crippen LogP contribution in [0.5, 0.6) is 0 Å². The fourth-order valence-corrected chi connectivity index (χ4v) is 3.75. The van der Waals surface area contributed by atoms with Crippen LogP contribution in [0.3, 0.4) is 0 Å². The van der Waals surface area contributed by atoms with Crippen LogP contribution in [0.1, 0.15) is 50.0 Å². The van der Waals surface area contributed by atoms with Crippen LogP contribution in [0.15, 0.2) is 52.1 Å². The largest absolute Gasteiger partial charge is 0.468 e. The third kappa shape index (κ3) is 7.84. The molecule has 7 nitrogen and oxygen atoms in total. The van der Waals surface area contributed by atoms with Crippen molar-refractivity contribution < 1.29 is 9.21 Å². The van der Waals surface area contributed by atoms with E-state index in [2.05, 4.69) is 25.8 Å². The van der Waals surface area contributed by atoms with Crippen LogP contribution in [-0.2, 0) is 11.3 Å². The highest BCUT2D eigenvalue weighted by molar-refractivity contribution is 14.0. The predicted octanol–water partition coefficient (Wildman–Crippen LogP) is 4.14. The first-order valence-corrected chi connectivity index (χ1v) is 10.8. The van der Waals surface area contributed by atoms with Gasteiger partial charge in [-0.25, -0.2) is 0 Å². The van der Waals surface area contributed by atoms with Gasteiger partial charge in [0.05, 0.1) is 12.3 Å². The Morgan fingerprint density at radius 3 is 2.68 bits per heavy atom. The Labute approximate surface area is 202 Å². The zero-order valence-electron chi connectivity index (χ0n) is 18.4. The molecule has 0 bridgehead atoms. The van der Waals surface area contributed by atoms with Gasteiger partial charge in [0.15, 0.2) is 5.96 Å². The monoisotopic (exact) mass is 539 g/mol. The number of halogens is 1. The minimum atomic E-state index is 0. The number of furan rings is 1. The van der Waals surface area contributed by atoms with Gasteiger partial charge in [-0.15, -0.1) is 24.0 Å². The van der Waals surface area contributed by atoms with E-state index in [-0.39, 0.29) is 35.9 Å². The summed E-state index contributed by atoms with van der Waals surface area (Å²) in [6, 6.07) is 12.1. The van der Waals surface area contributed by atoms with Crippen molar-refractivity contribution in [3.63, 3.8) is 0 Å². The smallest absolute Gasteiger partial charge is 0.224 e. The molecule has 170 valence electrons. The molecule has 1 aromatic heterocycles. The van der Waals surface area contributed by atoms with Gasteiger partial charge in [0.2, 0.25) is 5.91 Å². The summed E-state index contributed by atoms with van der Waals surface area (Å²) in [7, 11) is 1.77. The zero-order valence-corrected chi connectivity index (χ0v) is 20.7. The maximum Gasteiger partial charge on any atom is 0.224 e. The minimum Gasteiger partial charge on any atom is -0.468 e. The molecular weight excluding hydrogens is 505 g/mol. The fourth-order valence-electron chi connectivity index (χ4n) is 3.75. The summed E-state index contributed by atoms with van der Waals surface area (Å²) >= 11 is 0. The Bertz CT molecular complexity index is 819. The molecule has 1 aliphatic heterocycles. The van der Waals surface area contributed by atoms with E-state index < -0.39 is 0 Å². The Morgan fingerprint density at radius 1 is 1.19 bits per heavy atom. The van der Waals surface area contributed by atoms with Crippen LogP contribution in [0.2, 0.25) is 0 Å². The van der Waals surface area contributed by atoms with E-state index in [1.165, 1.54) is 12.8 Å². The van der Waals surface area contributed by atoms with Gasteiger partial charge < -0.3 is 20.4 Å². The Balaban J connectivity index is 0.00000341. The quantitative estimate of drug-likeness (QED) is 0.254. The first-order chi connectivity index (χ1) is 14.7. The first kappa shape index (κ1) is 25.2. The van der Waals surface area contributed by atoms with E-state index >= 15 is 0 Å². The van der Waals surface area contributed by atoms with Gasteiger partial charge in [-0.3, -0.25) is 14.7 Å². The molecule has 0 saturated carbocycles. The number of nitrogens with zero attached hydrogens (tertiary/aromatic N) is 2. The number of benzene rings is 1. The predicted molar refractivity (Wildman–Crippen MR) is 136 cm³/mol. The van der Waals surface area contributed by atoms with Gasteiger partial charge in [-0.1, -0.05) is 19.1 Å². The summed E-state index contributed by atoms with van der Waals surface area (Å²) < 4.78 is 5.69. The SMILES string of the molecule is CCCC(=O)Nc1cccc(CNC(=NC)NCC(c2ccco2)N2CCCC2)c1.I. The average molecular weight is 539 g/mol. The molecule has 3 rings (SSSR count). The van der Waals surface area contributed by atoms with Crippen molar-refractivity contribution >= 4 is 41.5 Å². The lowest BCUT2D eigenvalue weighted by Gasteiger charge is -2.26. The van der Waals surface area contributed by atoms with Crippen molar-refractivity contribution in [3.8, 4) is 0 Å². The second-order valence-corrected chi connectivity index (χ2v) is 7.58. The second kappa shape index (κ2) is 13.4. The molecule has 3 N–H and O–H groups in total. The van der Waals surface area contributed by atoms with Crippen LogP contribution in [-0.4, -0.2) is 43.4 Å². The summed E-state index contributed by atoms with van der Waals surface area (Å²) in [6.45, 7) is 5.52. The van der Waals surface area contributed by atoms with Crippen LogP contribution in [0, 0.1) is 0 Å².